The number of rotatable bonds is 1. The summed E-state index contributed by atoms with van der Waals surface area (Å²) in [6.45, 7) is 8.55. The molecule has 1 aliphatic heterocycles. The number of hydrogen-bond acceptors (Lipinski definition) is 1. The molecule has 98 valence electrons. The van der Waals surface area contributed by atoms with Gasteiger partial charge in [-0.1, -0.05) is 56.4 Å². The van der Waals surface area contributed by atoms with Crippen molar-refractivity contribution in [3.63, 3.8) is 0 Å². The molecule has 1 nitrogen and oxygen atoms in total. The first-order valence-electron chi connectivity index (χ1n) is 7.03. The van der Waals surface area contributed by atoms with Crippen LogP contribution >= 0.6 is 0 Å². The summed E-state index contributed by atoms with van der Waals surface area (Å²) >= 11 is 0. The van der Waals surface area contributed by atoms with Crippen LogP contribution in [0.2, 0.25) is 18.6 Å². The van der Waals surface area contributed by atoms with E-state index >= 15 is 0 Å². The SMILES string of the molecule is CC1CN(c2ccccc2)c2ccccc2[Si]1(C)C. The summed E-state index contributed by atoms with van der Waals surface area (Å²) in [7, 11) is -1.33. The second-order valence-electron chi connectivity index (χ2n) is 6.09. The molecule has 0 saturated carbocycles. The Morgan fingerprint density at radius 2 is 1.58 bits per heavy atom. The van der Waals surface area contributed by atoms with Crippen LogP contribution in [0, 0.1) is 0 Å². The van der Waals surface area contributed by atoms with Crippen molar-refractivity contribution in [3.8, 4) is 0 Å². The number of hydrogen-bond donors (Lipinski definition) is 0. The lowest BCUT2D eigenvalue weighted by molar-refractivity contribution is 0.841. The molecule has 0 N–H and O–H groups in total. The third kappa shape index (κ3) is 2.00. The highest BCUT2D eigenvalue weighted by atomic mass is 28.3. The largest absolute Gasteiger partial charge is 0.342 e. The van der Waals surface area contributed by atoms with Crippen LogP contribution < -0.4 is 10.1 Å². The predicted molar refractivity (Wildman–Crippen MR) is 86.4 cm³/mol. The van der Waals surface area contributed by atoms with Crippen molar-refractivity contribution in [1.82, 2.24) is 0 Å². The first-order chi connectivity index (χ1) is 9.10. The number of para-hydroxylation sites is 2. The lowest BCUT2D eigenvalue weighted by Crippen LogP contribution is -2.54. The van der Waals surface area contributed by atoms with E-state index in [1.165, 1.54) is 11.4 Å². The van der Waals surface area contributed by atoms with E-state index < -0.39 is 8.07 Å². The summed E-state index contributed by atoms with van der Waals surface area (Å²) < 4.78 is 0. The second-order valence-corrected chi connectivity index (χ2v) is 11.1. The molecule has 2 aromatic carbocycles. The van der Waals surface area contributed by atoms with E-state index in [4.69, 9.17) is 0 Å². The summed E-state index contributed by atoms with van der Waals surface area (Å²) in [6.07, 6.45) is 0. The molecule has 0 aliphatic carbocycles. The number of benzene rings is 2. The van der Waals surface area contributed by atoms with Gasteiger partial charge in [0.15, 0.2) is 0 Å². The third-order valence-electron chi connectivity index (χ3n) is 4.65. The van der Waals surface area contributed by atoms with Crippen molar-refractivity contribution in [2.75, 3.05) is 11.4 Å². The van der Waals surface area contributed by atoms with Crippen molar-refractivity contribution in [2.24, 2.45) is 0 Å². The first kappa shape index (κ1) is 12.5. The van der Waals surface area contributed by atoms with Gasteiger partial charge < -0.3 is 4.90 Å². The summed E-state index contributed by atoms with van der Waals surface area (Å²) in [4.78, 5) is 2.48. The zero-order valence-corrected chi connectivity index (χ0v) is 12.9. The van der Waals surface area contributed by atoms with Gasteiger partial charge in [0.05, 0.1) is 8.07 Å². The standard InChI is InChI=1S/C17H21NSi/c1-14-13-18(15-9-5-4-6-10-15)16-11-7-8-12-17(16)19(14,2)3/h4-12,14H,13H2,1-3H3. The topological polar surface area (TPSA) is 3.24 Å². The van der Waals surface area contributed by atoms with Crippen LogP contribution in [-0.4, -0.2) is 14.6 Å². The molecular weight excluding hydrogens is 246 g/mol. The fourth-order valence-corrected chi connectivity index (χ4v) is 5.55. The lowest BCUT2D eigenvalue weighted by Gasteiger charge is -2.43. The average molecular weight is 267 g/mol. The van der Waals surface area contributed by atoms with Gasteiger partial charge in [0.1, 0.15) is 0 Å². The predicted octanol–water partition coefficient (Wildman–Crippen LogP) is 4.14. The van der Waals surface area contributed by atoms with E-state index in [0.29, 0.717) is 0 Å². The van der Waals surface area contributed by atoms with Gasteiger partial charge in [-0.3, -0.25) is 0 Å². The summed E-state index contributed by atoms with van der Waals surface area (Å²) in [5, 5.41) is 1.60. The second kappa shape index (κ2) is 4.53. The minimum absolute atomic E-state index is 0.766. The smallest absolute Gasteiger partial charge is 0.0878 e. The lowest BCUT2D eigenvalue weighted by atomic mass is 10.2. The van der Waals surface area contributed by atoms with Crippen LogP contribution in [-0.2, 0) is 0 Å². The van der Waals surface area contributed by atoms with E-state index in [9.17, 15) is 0 Å². The van der Waals surface area contributed by atoms with Crippen LogP contribution in [0.5, 0.6) is 0 Å². The average Bonchev–Trinajstić information content (AvgIpc) is 2.44. The molecule has 1 unspecified atom stereocenters. The highest BCUT2D eigenvalue weighted by Crippen LogP contribution is 2.36. The Hall–Kier alpha value is -1.54. The molecule has 2 heteroatoms. The van der Waals surface area contributed by atoms with Crippen LogP contribution in [0.4, 0.5) is 11.4 Å². The van der Waals surface area contributed by atoms with Gasteiger partial charge in [0.25, 0.3) is 0 Å². The van der Waals surface area contributed by atoms with E-state index in [-0.39, 0.29) is 0 Å². The molecule has 0 amide bonds. The maximum Gasteiger partial charge on any atom is 0.0878 e. The summed E-state index contributed by atoms with van der Waals surface area (Å²) in [5.41, 5.74) is 3.50. The fraction of sp³-hybridized carbons (Fsp3) is 0.294. The molecule has 1 aliphatic rings. The minimum Gasteiger partial charge on any atom is -0.342 e. The van der Waals surface area contributed by atoms with Crippen molar-refractivity contribution in [2.45, 2.75) is 25.6 Å². The molecule has 2 aromatic rings. The van der Waals surface area contributed by atoms with Gasteiger partial charge in [-0.15, -0.1) is 0 Å². The van der Waals surface area contributed by atoms with Crippen LogP contribution in [0.3, 0.4) is 0 Å². The quantitative estimate of drug-likeness (QED) is 0.702. The normalized spacial score (nSPS) is 21.0. The molecule has 1 heterocycles. The minimum atomic E-state index is -1.33. The Kier molecular flexibility index (Phi) is 2.98. The molecular formula is C17H21NSi. The van der Waals surface area contributed by atoms with Gasteiger partial charge in [-0.05, 0) is 28.9 Å². The Morgan fingerprint density at radius 1 is 0.947 bits per heavy atom. The molecule has 1 atom stereocenters. The molecule has 0 bridgehead atoms. The van der Waals surface area contributed by atoms with Crippen molar-refractivity contribution in [3.05, 3.63) is 54.6 Å². The van der Waals surface area contributed by atoms with Crippen molar-refractivity contribution < 1.29 is 0 Å². The van der Waals surface area contributed by atoms with Gasteiger partial charge >= 0.3 is 0 Å². The molecule has 19 heavy (non-hydrogen) atoms. The van der Waals surface area contributed by atoms with E-state index in [1.807, 2.05) is 0 Å². The van der Waals surface area contributed by atoms with Crippen LogP contribution in [0.25, 0.3) is 0 Å². The molecule has 0 spiro atoms. The zero-order chi connectivity index (χ0) is 13.5. The Morgan fingerprint density at radius 3 is 2.32 bits per heavy atom. The molecule has 3 rings (SSSR count). The van der Waals surface area contributed by atoms with Crippen LogP contribution in [0.1, 0.15) is 6.92 Å². The molecule has 0 radical (unpaired) electrons. The third-order valence-corrected chi connectivity index (χ3v) is 9.10. The highest BCUT2D eigenvalue weighted by Gasteiger charge is 2.38. The van der Waals surface area contributed by atoms with Crippen LogP contribution in [0.15, 0.2) is 54.6 Å². The van der Waals surface area contributed by atoms with E-state index in [0.717, 1.165) is 12.1 Å². The first-order valence-corrected chi connectivity index (χ1v) is 10.1. The maximum absolute atomic E-state index is 2.50. The van der Waals surface area contributed by atoms with E-state index in [2.05, 4.69) is 79.5 Å². The monoisotopic (exact) mass is 267 g/mol. The van der Waals surface area contributed by atoms with Crippen molar-refractivity contribution >= 4 is 24.6 Å². The number of nitrogens with zero attached hydrogens (tertiary/aromatic N) is 1. The van der Waals surface area contributed by atoms with Gasteiger partial charge in [0, 0.05) is 17.9 Å². The highest BCUT2D eigenvalue weighted by molar-refractivity contribution is 6.92. The Bertz CT molecular complexity index is 577. The Labute approximate surface area is 116 Å². The molecule has 0 aromatic heterocycles. The fourth-order valence-electron chi connectivity index (χ4n) is 2.97. The van der Waals surface area contributed by atoms with E-state index in [1.54, 1.807) is 5.19 Å². The zero-order valence-electron chi connectivity index (χ0n) is 11.9. The van der Waals surface area contributed by atoms with Gasteiger partial charge in [-0.2, -0.15) is 0 Å². The summed E-state index contributed by atoms with van der Waals surface area (Å²) in [5.74, 6) is 0. The summed E-state index contributed by atoms with van der Waals surface area (Å²) in [6, 6.07) is 19.7. The van der Waals surface area contributed by atoms with Gasteiger partial charge in [0.2, 0.25) is 0 Å². The maximum atomic E-state index is 2.50. The van der Waals surface area contributed by atoms with Gasteiger partial charge in [-0.25, -0.2) is 0 Å². The van der Waals surface area contributed by atoms with Crippen molar-refractivity contribution in [1.29, 1.82) is 0 Å². The Balaban J connectivity index is 2.14. The number of fused-ring (bicyclic) bond motifs is 1. The molecule has 0 saturated heterocycles. The molecule has 0 fully saturated rings. The number of anilines is 2.